The molecule has 1 aromatic heterocycles. The lowest BCUT2D eigenvalue weighted by Crippen LogP contribution is -2.24. The maximum Gasteiger partial charge on any atom is 0.250 e. The fraction of sp³-hybridized carbons (Fsp3) is 0.231. The summed E-state index contributed by atoms with van der Waals surface area (Å²) >= 11 is 0. The van der Waals surface area contributed by atoms with E-state index in [9.17, 15) is 4.79 Å². The second-order valence-corrected chi connectivity index (χ2v) is 4.44. The zero-order chi connectivity index (χ0) is 13.8. The number of benzene rings is 1. The molecule has 0 fully saturated rings. The van der Waals surface area contributed by atoms with Crippen molar-refractivity contribution in [1.29, 1.82) is 0 Å². The van der Waals surface area contributed by atoms with Gasteiger partial charge in [-0.25, -0.2) is 0 Å². The third-order valence-corrected chi connectivity index (χ3v) is 2.73. The topological polar surface area (TPSA) is 99.0 Å². The normalized spacial score (nSPS) is 12.1. The molecular weight excluding hydrogens is 242 g/mol. The molecule has 1 heterocycles. The summed E-state index contributed by atoms with van der Waals surface area (Å²) in [5, 5.41) is 7.36. The Hall–Kier alpha value is -2.50. The molecule has 19 heavy (non-hydrogen) atoms. The van der Waals surface area contributed by atoms with Crippen molar-refractivity contribution >= 4 is 17.3 Å². The molecule has 2 aromatic rings. The Bertz CT molecular complexity index is 564. The van der Waals surface area contributed by atoms with Crippen LogP contribution >= 0.6 is 0 Å². The molecule has 1 amide bonds. The largest absolute Gasteiger partial charge is 0.399 e. The van der Waals surface area contributed by atoms with E-state index in [0.717, 1.165) is 0 Å². The van der Waals surface area contributed by atoms with Crippen LogP contribution in [-0.4, -0.2) is 21.7 Å². The molecular formula is C13H17N5O. The van der Waals surface area contributed by atoms with E-state index in [1.54, 1.807) is 24.4 Å². The Balaban J connectivity index is 2.13. The number of hydrogen-bond donors (Lipinski definition) is 3. The first-order valence-electron chi connectivity index (χ1n) is 5.99. The van der Waals surface area contributed by atoms with E-state index in [2.05, 4.69) is 10.4 Å². The summed E-state index contributed by atoms with van der Waals surface area (Å²) in [6.45, 7) is 2.68. The molecule has 5 N–H and O–H groups in total. The Kier molecular flexibility index (Phi) is 3.70. The molecule has 1 aromatic carbocycles. The molecule has 0 saturated heterocycles. The summed E-state index contributed by atoms with van der Waals surface area (Å²) in [7, 11) is 0. The monoisotopic (exact) mass is 259 g/mol. The number of primary amides is 1. The van der Waals surface area contributed by atoms with E-state index in [1.807, 2.05) is 23.9 Å². The van der Waals surface area contributed by atoms with Gasteiger partial charge in [-0.2, -0.15) is 5.10 Å². The SMILES string of the molecule is CC(Cn1cccn1)Nc1cc(N)ccc1C(N)=O. The van der Waals surface area contributed by atoms with Crippen LogP contribution in [0, 0.1) is 0 Å². The van der Waals surface area contributed by atoms with Crippen molar-refractivity contribution in [3.05, 3.63) is 42.2 Å². The van der Waals surface area contributed by atoms with Crippen molar-refractivity contribution in [2.45, 2.75) is 19.5 Å². The van der Waals surface area contributed by atoms with E-state index in [1.165, 1.54) is 0 Å². The summed E-state index contributed by atoms with van der Waals surface area (Å²) < 4.78 is 1.81. The van der Waals surface area contributed by atoms with E-state index in [-0.39, 0.29) is 6.04 Å². The zero-order valence-electron chi connectivity index (χ0n) is 10.7. The second-order valence-electron chi connectivity index (χ2n) is 4.44. The number of hydrogen-bond acceptors (Lipinski definition) is 4. The van der Waals surface area contributed by atoms with Crippen molar-refractivity contribution in [3.8, 4) is 0 Å². The third kappa shape index (κ3) is 3.25. The molecule has 0 aliphatic carbocycles. The number of nitrogens with one attached hydrogen (secondary N) is 1. The van der Waals surface area contributed by atoms with Crippen molar-refractivity contribution < 1.29 is 4.79 Å². The maximum atomic E-state index is 11.4. The molecule has 6 heteroatoms. The van der Waals surface area contributed by atoms with Gasteiger partial charge in [-0.15, -0.1) is 0 Å². The van der Waals surface area contributed by atoms with Gasteiger partial charge in [0.05, 0.1) is 12.1 Å². The number of amides is 1. The highest BCUT2D eigenvalue weighted by Crippen LogP contribution is 2.20. The van der Waals surface area contributed by atoms with Crippen LogP contribution < -0.4 is 16.8 Å². The van der Waals surface area contributed by atoms with Crippen LogP contribution in [0.4, 0.5) is 11.4 Å². The van der Waals surface area contributed by atoms with Gasteiger partial charge < -0.3 is 16.8 Å². The lowest BCUT2D eigenvalue weighted by Gasteiger charge is -2.17. The minimum absolute atomic E-state index is 0.0831. The number of carbonyl (C=O) groups is 1. The molecule has 2 rings (SSSR count). The molecule has 0 aliphatic rings. The fourth-order valence-electron chi connectivity index (χ4n) is 1.90. The summed E-state index contributed by atoms with van der Waals surface area (Å²) in [6.07, 6.45) is 3.61. The van der Waals surface area contributed by atoms with Crippen LogP contribution in [0.1, 0.15) is 17.3 Å². The molecule has 0 saturated carbocycles. The first kappa shape index (κ1) is 12.9. The van der Waals surface area contributed by atoms with Gasteiger partial charge in [0.2, 0.25) is 0 Å². The predicted molar refractivity (Wildman–Crippen MR) is 74.7 cm³/mol. The summed E-state index contributed by atoms with van der Waals surface area (Å²) in [5.74, 6) is -0.478. The molecule has 0 spiro atoms. The first-order valence-corrected chi connectivity index (χ1v) is 5.99. The van der Waals surface area contributed by atoms with Crippen molar-refractivity contribution in [2.24, 2.45) is 5.73 Å². The van der Waals surface area contributed by atoms with Crippen LogP contribution in [0.3, 0.4) is 0 Å². The molecule has 1 unspecified atom stereocenters. The van der Waals surface area contributed by atoms with Crippen LogP contribution in [0.15, 0.2) is 36.7 Å². The van der Waals surface area contributed by atoms with Gasteiger partial charge >= 0.3 is 0 Å². The molecule has 0 radical (unpaired) electrons. The van der Waals surface area contributed by atoms with Crippen molar-refractivity contribution in [2.75, 3.05) is 11.1 Å². The van der Waals surface area contributed by atoms with Gasteiger partial charge in [0.15, 0.2) is 0 Å². The number of nitrogens with zero attached hydrogens (tertiary/aromatic N) is 2. The number of nitrogens with two attached hydrogens (primary N) is 2. The van der Waals surface area contributed by atoms with E-state index in [4.69, 9.17) is 11.5 Å². The van der Waals surface area contributed by atoms with Gasteiger partial charge in [-0.1, -0.05) is 0 Å². The summed E-state index contributed by atoms with van der Waals surface area (Å²) in [4.78, 5) is 11.4. The average molecular weight is 259 g/mol. The van der Waals surface area contributed by atoms with Crippen LogP contribution in [0.2, 0.25) is 0 Å². The van der Waals surface area contributed by atoms with Gasteiger partial charge in [0.1, 0.15) is 0 Å². The smallest absolute Gasteiger partial charge is 0.250 e. The number of anilines is 2. The predicted octanol–water partition coefficient (Wildman–Crippen LogP) is 1.06. The second kappa shape index (κ2) is 5.43. The maximum absolute atomic E-state index is 11.4. The number of aromatic nitrogens is 2. The highest BCUT2D eigenvalue weighted by atomic mass is 16.1. The minimum Gasteiger partial charge on any atom is -0.399 e. The molecule has 1 atom stereocenters. The van der Waals surface area contributed by atoms with E-state index >= 15 is 0 Å². The van der Waals surface area contributed by atoms with Crippen LogP contribution in [0.5, 0.6) is 0 Å². The van der Waals surface area contributed by atoms with E-state index in [0.29, 0.717) is 23.5 Å². The number of carbonyl (C=O) groups excluding carboxylic acids is 1. The summed E-state index contributed by atoms with van der Waals surface area (Å²) in [6, 6.07) is 6.94. The highest BCUT2D eigenvalue weighted by Gasteiger charge is 2.11. The van der Waals surface area contributed by atoms with Gasteiger partial charge in [-0.3, -0.25) is 9.48 Å². The van der Waals surface area contributed by atoms with Crippen molar-refractivity contribution in [1.82, 2.24) is 9.78 Å². The lowest BCUT2D eigenvalue weighted by molar-refractivity contribution is 0.100. The van der Waals surface area contributed by atoms with Gasteiger partial charge in [-0.05, 0) is 31.2 Å². The van der Waals surface area contributed by atoms with Gasteiger partial charge in [0.25, 0.3) is 5.91 Å². The molecule has 100 valence electrons. The Labute approximate surface area is 111 Å². The minimum atomic E-state index is -0.478. The lowest BCUT2D eigenvalue weighted by atomic mass is 10.1. The Morgan fingerprint density at radius 2 is 2.32 bits per heavy atom. The summed E-state index contributed by atoms with van der Waals surface area (Å²) in [5.41, 5.74) is 12.7. The van der Waals surface area contributed by atoms with Crippen molar-refractivity contribution in [3.63, 3.8) is 0 Å². The van der Waals surface area contributed by atoms with Crippen LogP contribution in [-0.2, 0) is 6.54 Å². The zero-order valence-corrected chi connectivity index (χ0v) is 10.7. The number of rotatable bonds is 5. The fourth-order valence-corrected chi connectivity index (χ4v) is 1.90. The Morgan fingerprint density at radius 3 is 2.95 bits per heavy atom. The molecule has 0 aliphatic heterocycles. The molecule has 6 nitrogen and oxygen atoms in total. The first-order chi connectivity index (χ1) is 9.06. The average Bonchev–Trinajstić information content (AvgIpc) is 2.81. The van der Waals surface area contributed by atoms with Gasteiger partial charge in [0, 0.05) is 29.8 Å². The Morgan fingerprint density at radius 1 is 1.53 bits per heavy atom. The van der Waals surface area contributed by atoms with E-state index < -0.39 is 5.91 Å². The van der Waals surface area contributed by atoms with Crippen LogP contribution in [0.25, 0.3) is 0 Å². The highest BCUT2D eigenvalue weighted by molar-refractivity contribution is 5.99. The quantitative estimate of drug-likeness (QED) is 0.699. The molecule has 0 bridgehead atoms. The third-order valence-electron chi connectivity index (χ3n) is 2.73. The standard InChI is InChI=1S/C13H17N5O/c1-9(8-18-6-2-5-16-18)17-12-7-10(14)3-4-11(12)13(15)19/h2-7,9,17H,8,14H2,1H3,(H2,15,19). The number of nitrogen functional groups attached to an aromatic ring is 1.